The lowest BCUT2D eigenvalue weighted by atomic mass is 10.1. The van der Waals surface area contributed by atoms with Crippen molar-refractivity contribution in [2.75, 3.05) is 10.2 Å². The molecule has 1 aromatic heterocycles. The molecule has 1 aliphatic rings. The minimum Gasteiger partial charge on any atom is -0.324 e. The van der Waals surface area contributed by atoms with Crippen molar-refractivity contribution >= 4 is 39.1 Å². The number of nitrogens with one attached hydrogen (secondary N) is 1. The first-order chi connectivity index (χ1) is 12.1. The predicted molar refractivity (Wildman–Crippen MR) is 106 cm³/mol. The summed E-state index contributed by atoms with van der Waals surface area (Å²) in [5.41, 5.74) is 4.75. The molecular weight excluding hydrogens is 376 g/mol. The Morgan fingerprint density at radius 2 is 2.00 bits per heavy atom. The van der Waals surface area contributed by atoms with Gasteiger partial charge in [0.2, 0.25) is 5.95 Å². The van der Waals surface area contributed by atoms with Gasteiger partial charge in [0.1, 0.15) is 5.82 Å². The molecule has 0 fully saturated rings. The molecular formula is C20H19BrN4. The Hall–Kier alpha value is -2.40. The Morgan fingerprint density at radius 3 is 2.84 bits per heavy atom. The Balaban J connectivity index is 1.65. The zero-order valence-electron chi connectivity index (χ0n) is 14.2. The molecule has 1 unspecified atom stereocenters. The van der Waals surface area contributed by atoms with Crippen LogP contribution in [0.1, 0.15) is 18.1 Å². The van der Waals surface area contributed by atoms with Crippen molar-refractivity contribution in [1.82, 2.24) is 9.97 Å². The van der Waals surface area contributed by atoms with Crippen LogP contribution >= 0.6 is 15.9 Å². The van der Waals surface area contributed by atoms with Gasteiger partial charge in [-0.25, -0.2) is 4.98 Å². The molecule has 0 saturated carbocycles. The van der Waals surface area contributed by atoms with Crippen LogP contribution in [0.2, 0.25) is 0 Å². The quantitative estimate of drug-likeness (QED) is 0.647. The molecule has 2 aromatic carbocycles. The van der Waals surface area contributed by atoms with E-state index in [2.05, 4.69) is 75.3 Å². The standard InChI is InChI=1S/C20H19BrN4/c1-13-11-16(7-8-17(13)21)23-20-22-10-9-19(24-20)25-14(2)12-15-5-3-4-6-18(15)25/h3-11,14H,12H2,1-2H3,(H,22,23,24). The summed E-state index contributed by atoms with van der Waals surface area (Å²) in [6, 6.07) is 17.0. The lowest BCUT2D eigenvalue weighted by Crippen LogP contribution is -2.25. The zero-order valence-corrected chi connectivity index (χ0v) is 15.8. The van der Waals surface area contributed by atoms with E-state index in [0.717, 1.165) is 22.4 Å². The van der Waals surface area contributed by atoms with Crippen LogP contribution in [0.25, 0.3) is 0 Å². The monoisotopic (exact) mass is 394 g/mol. The lowest BCUT2D eigenvalue weighted by Gasteiger charge is -2.24. The zero-order chi connectivity index (χ0) is 17.4. The maximum absolute atomic E-state index is 4.74. The third-order valence-electron chi connectivity index (χ3n) is 4.51. The minimum absolute atomic E-state index is 0.384. The van der Waals surface area contributed by atoms with Gasteiger partial charge in [-0.3, -0.25) is 0 Å². The molecule has 0 saturated heterocycles. The van der Waals surface area contributed by atoms with Crippen LogP contribution in [0.15, 0.2) is 59.2 Å². The fourth-order valence-corrected chi connectivity index (χ4v) is 3.56. The molecule has 1 N–H and O–H groups in total. The third kappa shape index (κ3) is 3.12. The summed E-state index contributed by atoms with van der Waals surface area (Å²) in [7, 11) is 0. The average molecular weight is 395 g/mol. The summed E-state index contributed by atoms with van der Waals surface area (Å²) in [5, 5.41) is 3.30. The van der Waals surface area contributed by atoms with Crippen LogP contribution < -0.4 is 10.2 Å². The SMILES string of the molecule is Cc1cc(Nc2nccc(N3c4ccccc4CC3C)n2)ccc1Br. The van der Waals surface area contributed by atoms with E-state index >= 15 is 0 Å². The van der Waals surface area contributed by atoms with Gasteiger partial charge in [-0.05, 0) is 61.7 Å². The summed E-state index contributed by atoms with van der Waals surface area (Å²) >= 11 is 3.53. The van der Waals surface area contributed by atoms with Crippen LogP contribution in [-0.2, 0) is 6.42 Å². The first-order valence-electron chi connectivity index (χ1n) is 8.35. The van der Waals surface area contributed by atoms with E-state index in [1.165, 1.54) is 16.8 Å². The summed E-state index contributed by atoms with van der Waals surface area (Å²) in [6.07, 6.45) is 2.85. The normalized spacial score (nSPS) is 16.0. The van der Waals surface area contributed by atoms with Gasteiger partial charge in [0.25, 0.3) is 0 Å². The molecule has 0 spiro atoms. The number of anilines is 4. The Bertz CT molecular complexity index is 925. The van der Waals surface area contributed by atoms with Gasteiger partial charge < -0.3 is 10.2 Å². The van der Waals surface area contributed by atoms with E-state index < -0.39 is 0 Å². The molecule has 1 atom stereocenters. The number of halogens is 1. The van der Waals surface area contributed by atoms with Crippen LogP contribution in [0.3, 0.4) is 0 Å². The van der Waals surface area contributed by atoms with Gasteiger partial charge in [-0.1, -0.05) is 34.1 Å². The lowest BCUT2D eigenvalue weighted by molar-refractivity contribution is 0.749. The summed E-state index contributed by atoms with van der Waals surface area (Å²) in [4.78, 5) is 11.4. The fraction of sp³-hybridized carbons (Fsp3) is 0.200. The molecule has 126 valence electrons. The predicted octanol–water partition coefficient (Wildman–Crippen LogP) is 5.37. The number of rotatable bonds is 3. The highest BCUT2D eigenvalue weighted by Gasteiger charge is 2.27. The number of aromatic nitrogens is 2. The number of aryl methyl sites for hydroxylation is 1. The molecule has 0 bridgehead atoms. The number of benzene rings is 2. The number of para-hydroxylation sites is 1. The van der Waals surface area contributed by atoms with E-state index in [4.69, 9.17) is 4.98 Å². The number of hydrogen-bond donors (Lipinski definition) is 1. The second-order valence-corrected chi connectivity index (χ2v) is 7.23. The summed E-state index contributed by atoms with van der Waals surface area (Å²) in [5.74, 6) is 1.53. The van der Waals surface area contributed by atoms with Crippen LogP contribution in [-0.4, -0.2) is 16.0 Å². The van der Waals surface area contributed by atoms with E-state index in [-0.39, 0.29) is 0 Å². The first-order valence-corrected chi connectivity index (χ1v) is 9.14. The highest BCUT2D eigenvalue weighted by molar-refractivity contribution is 9.10. The fourth-order valence-electron chi connectivity index (χ4n) is 3.31. The van der Waals surface area contributed by atoms with E-state index in [9.17, 15) is 0 Å². The molecule has 0 amide bonds. The number of nitrogens with zero attached hydrogens (tertiary/aromatic N) is 3. The third-order valence-corrected chi connectivity index (χ3v) is 5.40. The topological polar surface area (TPSA) is 41.1 Å². The van der Waals surface area contributed by atoms with E-state index in [1.807, 2.05) is 24.4 Å². The molecule has 4 rings (SSSR count). The Kier molecular flexibility index (Phi) is 4.17. The summed E-state index contributed by atoms with van der Waals surface area (Å²) in [6.45, 7) is 4.29. The molecule has 3 aromatic rings. The smallest absolute Gasteiger partial charge is 0.229 e. The highest BCUT2D eigenvalue weighted by Crippen LogP contribution is 2.37. The minimum atomic E-state index is 0.384. The van der Waals surface area contributed by atoms with Gasteiger partial charge in [0.05, 0.1) is 0 Å². The van der Waals surface area contributed by atoms with Crippen LogP contribution in [0.4, 0.5) is 23.1 Å². The van der Waals surface area contributed by atoms with Gasteiger partial charge in [-0.2, -0.15) is 4.98 Å². The second-order valence-electron chi connectivity index (χ2n) is 6.38. The molecule has 1 aliphatic heterocycles. The average Bonchev–Trinajstić information content (AvgIpc) is 2.94. The summed E-state index contributed by atoms with van der Waals surface area (Å²) < 4.78 is 1.09. The van der Waals surface area contributed by atoms with Crippen molar-refractivity contribution in [3.8, 4) is 0 Å². The molecule has 25 heavy (non-hydrogen) atoms. The van der Waals surface area contributed by atoms with Crippen molar-refractivity contribution in [3.05, 3.63) is 70.3 Å². The number of hydrogen-bond acceptors (Lipinski definition) is 4. The number of fused-ring (bicyclic) bond motifs is 1. The van der Waals surface area contributed by atoms with Crippen molar-refractivity contribution in [2.45, 2.75) is 26.3 Å². The van der Waals surface area contributed by atoms with Crippen molar-refractivity contribution in [3.63, 3.8) is 0 Å². The van der Waals surface area contributed by atoms with Gasteiger partial charge >= 0.3 is 0 Å². The van der Waals surface area contributed by atoms with E-state index in [0.29, 0.717) is 12.0 Å². The van der Waals surface area contributed by atoms with E-state index in [1.54, 1.807) is 0 Å². The van der Waals surface area contributed by atoms with Crippen molar-refractivity contribution in [2.24, 2.45) is 0 Å². The Labute approximate surface area is 156 Å². The van der Waals surface area contributed by atoms with Gasteiger partial charge in [-0.15, -0.1) is 0 Å². The molecule has 2 heterocycles. The largest absolute Gasteiger partial charge is 0.324 e. The van der Waals surface area contributed by atoms with Gasteiger partial charge in [0, 0.05) is 28.1 Å². The second kappa shape index (κ2) is 6.48. The maximum Gasteiger partial charge on any atom is 0.229 e. The van der Waals surface area contributed by atoms with Crippen molar-refractivity contribution in [1.29, 1.82) is 0 Å². The maximum atomic E-state index is 4.74. The molecule has 0 radical (unpaired) electrons. The molecule has 0 aliphatic carbocycles. The Morgan fingerprint density at radius 1 is 1.16 bits per heavy atom. The van der Waals surface area contributed by atoms with Crippen LogP contribution in [0, 0.1) is 6.92 Å². The highest BCUT2D eigenvalue weighted by atomic mass is 79.9. The molecule has 5 heteroatoms. The van der Waals surface area contributed by atoms with Crippen molar-refractivity contribution < 1.29 is 0 Å². The van der Waals surface area contributed by atoms with Gasteiger partial charge in [0.15, 0.2) is 0 Å². The van der Waals surface area contributed by atoms with Crippen LogP contribution in [0.5, 0.6) is 0 Å². The molecule has 4 nitrogen and oxygen atoms in total. The first kappa shape index (κ1) is 16.1.